The summed E-state index contributed by atoms with van der Waals surface area (Å²) in [6, 6.07) is 3.65. The lowest BCUT2D eigenvalue weighted by atomic mass is 9.77. The summed E-state index contributed by atoms with van der Waals surface area (Å²) < 4.78 is 93.7. The standard InChI is InChI=1S/C25H22F7NO4/c1-2-19(34)16-10-21(36)17(11-20(16)35)22(37)33-8-7-15-14-5-4-13(9-12(14)3-6-18(15)33)23(26,24(27,28)29)25(30,31)32/h4-5,9-11,15,18,35-36H,2-3,6-8H2,1H3/t15?,18-/m1/s1. The maximum Gasteiger partial charge on any atom is 0.435 e. The predicted octanol–water partition coefficient (Wildman–Crippen LogP) is 5.92. The van der Waals surface area contributed by atoms with Gasteiger partial charge in [-0.25, -0.2) is 4.39 Å². The van der Waals surface area contributed by atoms with E-state index in [2.05, 4.69) is 0 Å². The monoisotopic (exact) mass is 533 g/mol. The number of phenols is 2. The minimum Gasteiger partial charge on any atom is -0.507 e. The Morgan fingerprint density at radius 1 is 0.919 bits per heavy atom. The van der Waals surface area contributed by atoms with Gasteiger partial charge in [0.15, 0.2) is 5.78 Å². The molecule has 12 heteroatoms. The molecular formula is C25H22F7NO4. The zero-order chi connectivity index (χ0) is 27.5. The number of fused-ring (bicyclic) bond motifs is 3. The number of halogens is 7. The number of nitrogens with zero attached hydrogens (tertiary/aromatic N) is 1. The third kappa shape index (κ3) is 4.19. The fourth-order valence-corrected chi connectivity index (χ4v) is 5.33. The molecule has 2 N–H and O–H groups in total. The molecule has 0 radical (unpaired) electrons. The molecule has 0 spiro atoms. The molecule has 4 rings (SSSR count). The minimum atomic E-state index is -6.21. The Bertz CT molecular complexity index is 1240. The van der Waals surface area contributed by atoms with Crippen LogP contribution in [0.5, 0.6) is 11.5 Å². The highest BCUT2D eigenvalue weighted by atomic mass is 19.4. The number of carbonyl (C=O) groups is 2. The van der Waals surface area contributed by atoms with Crippen molar-refractivity contribution in [1.82, 2.24) is 4.90 Å². The van der Waals surface area contributed by atoms with Gasteiger partial charge in [0.25, 0.3) is 5.91 Å². The van der Waals surface area contributed by atoms with Gasteiger partial charge in [-0.3, -0.25) is 9.59 Å². The molecule has 37 heavy (non-hydrogen) atoms. The largest absolute Gasteiger partial charge is 0.507 e. The summed E-state index contributed by atoms with van der Waals surface area (Å²) in [5.41, 5.74) is -6.87. The second-order valence-electron chi connectivity index (χ2n) is 9.23. The van der Waals surface area contributed by atoms with Gasteiger partial charge in [0.1, 0.15) is 11.5 Å². The van der Waals surface area contributed by atoms with Crippen LogP contribution in [0.2, 0.25) is 0 Å². The Morgan fingerprint density at radius 2 is 1.51 bits per heavy atom. The molecule has 1 aliphatic carbocycles. The van der Waals surface area contributed by atoms with E-state index >= 15 is 0 Å². The molecule has 1 aliphatic heterocycles. The van der Waals surface area contributed by atoms with E-state index < -0.39 is 58.7 Å². The van der Waals surface area contributed by atoms with Crippen molar-refractivity contribution in [2.24, 2.45) is 0 Å². The second-order valence-corrected chi connectivity index (χ2v) is 9.23. The van der Waals surface area contributed by atoms with Crippen molar-refractivity contribution in [1.29, 1.82) is 0 Å². The zero-order valence-corrected chi connectivity index (χ0v) is 19.4. The Labute approximate surface area is 206 Å². The molecule has 1 amide bonds. The number of aryl methyl sites for hydroxylation is 1. The van der Waals surface area contributed by atoms with Gasteiger partial charge in [-0.2, -0.15) is 26.3 Å². The van der Waals surface area contributed by atoms with Crippen LogP contribution < -0.4 is 0 Å². The molecule has 2 aliphatic rings. The number of aromatic hydroxyl groups is 2. The Morgan fingerprint density at radius 3 is 2.11 bits per heavy atom. The third-order valence-electron chi connectivity index (χ3n) is 7.20. The minimum absolute atomic E-state index is 0.00108. The number of Topliss-reactive ketones (excluding diaryl/α,β-unsaturated/α-hetero) is 1. The fraction of sp³-hybridized carbons (Fsp3) is 0.440. The van der Waals surface area contributed by atoms with Gasteiger partial charge in [0.2, 0.25) is 0 Å². The van der Waals surface area contributed by atoms with Gasteiger partial charge in [0, 0.05) is 30.5 Å². The Hall–Kier alpha value is -3.31. The van der Waals surface area contributed by atoms with Crippen LogP contribution in [0.3, 0.4) is 0 Å². The molecule has 1 fully saturated rings. The lowest BCUT2D eigenvalue weighted by molar-refractivity contribution is -0.348. The van der Waals surface area contributed by atoms with Crippen molar-refractivity contribution in [3.63, 3.8) is 0 Å². The van der Waals surface area contributed by atoms with Crippen LogP contribution in [0.25, 0.3) is 0 Å². The third-order valence-corrected chi connectivity index (χ3v) is 7.20. The van der Waals surface area contributed by atoms with Gasteiger partial charge >= 0.3 is 18.0 Å². The first kappa shape index (κ1) is 26.7. The van der Waals surface area contributed by atoms with E-state index in [-0.39, 0.29) is 42.5 Å². The zero-order valence-electron chi connectivity index (χ0n) is 19.4. The number of carbonyl (C=O) groups excluding carboxylic acids is 2. The molecule has 200 valence electrons. The van der Waals surface area contributed by atoms with Crippen LogP contribution in [0.15, 0.2) is 30.3 Å². The topological polar surface area (TPSA) is 77.8 Å². The number of alkyl halides is 7. The van der Waals surface area contributed by atoms with Crippen molar-refractivity contribution in [3.8, 4) is 11.5 Å². The van der Waals surface area contributed by atoms with E-state index in [1.807, 2.05) is 0 Å². The average Bonchev–Trinajstić information content (AvgIpc) is 3.26. The summed E-state index contributed by atoms with van der Waals surface area (Å²) in [5, 5.41) is 20.5. The lowest BCUT2D eigenvalue weighted by Gasteiger charge is -2.35. The van der Waals surface area contributed by atoms with Gasteiger partial charge in [0.05, 0.1) is 11.1 Å². The summed E-state index contributed by atoms with van der Waals surface area (Å²) in [6.07, 6.45) is -11.8. The molecule has 0 aromatic heterocycles. The van der Waals surface area contributed by atoms with Crippen LogP contribution in [0.4, 0.5) is 30.7 Å². The molecule has 0 bridgehead atoms. The van der Waals surface area contributed by atoms with Crippen LogP contribution in [0.1, 0.15) is 69.5 Å². The Kier molecular flexibility index (Phi) is 6.44. The highest BCUT2D eigenvalue weighted by molar-refractivity contribution is 6.03. The summed E-state index contributed by atoms with van der Waals surface area (Å²) >= 11 is 0. The van der Waals surface area contributed by atoms with Gasteiger partial charge in [-0.15, -0.1) is 0 Å². The first-order chi connectivity index (χ1) is 17.1. The molecule has 1 saturated heterocycles. The first-order valence-corrected chi connectivity index (χ1v) is 11.5. The van der Waals surface area contributed by atoms with Crippen molar-refractivity contribution in [2.75, 3.05) is 6.54 Å². The fourth-order valence-electron chi connectivity index (χ4n) is 5.33. The van der Waals surface area contributed by atoms with Gasteiger partial charge in [-0.1, -0.05) is 25.1 Å². The van der Waals surface area contributed by atoms with E-state index in [1.165, 1.54) is 4.90 Å². The van der Waals surface area contributed by atoms with Crippen molar-refractivity contribution in [2.45, 2.75) is 62.6 Å². The highest BCUT2D eigenvalue weighted by Gasteiger charge is 2.73. The van der Waals surface area contributed by atoms with E-state index in [9.17, 15) is 50.5 Å². The number of hydrogen-bond donors (Lipinski definition) is 2. The number of rotatable bonds is 4. The second kappa shape index (κ2) is 8.91. The average molecular weight is 533 g/mol. The van der Waals surface area contributed by atoms with E-state index in [0.29, 0.717) is 24.1 Å². The van der Waals surface area contributed by atoms with Gasteiger partial charge < -0.3 is 15.1 Å². The number of ketones is 1. The smallest absolute Gasteiger partial charge is 0.435 e. The number of amides is 1. The van der Waals surface area contributed by atoms with Crippen molar-refractivity contribution in [3.05, 3.63) is 58.1 Å². The normalized spacial score (nSPS) is 19.9. The summed E-state index contributed by atoms with van der Waals surface area (Å²) in [4.78, 5) is 26.5. The number of phenolic OH excluding ortho intramolecular Hbond substituents is 2. The quantitative estimate of drug-likeness (QED) is 0.291. The SMILES string of the molecule is CCC(=O)c1cc(O)c(C(=O)N2CCC3c4ccc(C(F)(C(F)(F)F)C(F)(F)F)cc4CC[C@H]32)cc1O. The maximum atomic E-state index is 14.5. The molecular weight excluding hydrogens is 511 g/mol. The summed E-state index contributed by atoms with van der Waals surface area (Å²) in [6.45, 7) is 1.73. The number of likely N-dealkylation sites (tertiary alicyclic amines) is 1. The van der Waals surface area contributed by atoms with E-state index in [0.717, 1.165) is 18.2 Å². The van der Waals surface area contributed by atoms with Crippen molar-refractivity contribution < 1.29 is 50.5 Å². The Balaban J connectivity index is 1.64. The molecule has 2 atom stereocenters. The van der Waals surface area contributed by atoms with E-state index in [1.54, 1.807) is 6.92 Å². The molecule has 0 saturated carbocycles. The summed E-state index contributed by atoms with van der Waals surface area (Å²) in [7, 11) is 0. The predicted molar refractivity (Wildman–Crippen MR) is 116 cm³/mol. The van der Waals surface area contributed by atoms with Crippen LogP contribution in [-0.4, -0.2) is 51.7 Å². The molecule has 5 nitrogen and oxygen atoms in total. The highest BCUT2D eigenvalue weighted by Crippen LogP contribution is 2.54. The summed E-state index contributed by atoms with van der Waals surface area (Å²) in [5.74, 6) is -2.50. The number of benzene rings is 2. The van der Waals surface area contributed by atoms with E-state index in [4.69, 9.17) is 0 Å². The van der Waals surface area contributed by atoms with Crippen molar-refractivity contribution >= 4 is 11.7 Å². The molecule has 2 aromatic rings. The van der Waals surface area contributed by atoms with Crippen LogP contribution in [0, 0.1) is 0 Å². The molecule has 2 aromatic carbocycles. The number of hydrogen-bond acceptors (Lipinski definition) is 4. The van der Waals surface area contributed by atoms with Gasteiger partial charge in [-0.05, 0) is 42.5 Å². The van der Waals surface area contributed by atoms with Crippen LogP contribution >= 0.6 is 0 Å². The lowest BCUT2D eigenvalue weighted by Crippen LogP contribution is -2.50. The maximum absolute atomic E-state index is 14.5. The van der Waals surface area contributed by atoms with Crippen LogP contribution in [-0.2, 0) is 12.1 Å². The first-order valence-electron chi connectivity index (χ1n) is 11.5. The molecule has 1 heterocycles. The molecule has 1 unspecified atom stereocenters.